The normalized spacial score (nSPS) is 19.9. The first-order chi connectivity index (χ1) is 14.2. The number of piperidine rings is 1. The third-order valence-corrected chi connectivity index (χ3v) is 5.83. The highest BCUT2D eigenvalue weighted by Crippen LogP contribution is 2.29. The SMILES string of the molecule is COc1ccccc1N1CCN(c2cnc(C(=O)N3CCCC(C)C3)cn2)CC1. The minimum Gasteiger partial charge on any atom is -0.495 e. The van der Waals surface area contributed by atoms with Gasteiger partial charge in [0.2, 0.25) is 0 Å². The van der Waals surface area contributed by atoms with Crippen molar-refractivity contribution in [2.24, 2.45) is 5.92 Å². The van der Waals surface area contributed by atoms with E-state index in [2.05, 4.69) is 32.8 Å². The Bertz CT molecular complexity index is 833. The van der Waals surface area contributed by atoms with Crippen molar-refractivity contribution in [3.8, 4) is 5.75 Å². The van der Waals surface area contributed by atoms with E-state index in [1.54, 1.807) is 19.5 Å². The number of nitrogens with zero attached hydrogens (tertiary/aromatic N) is 5. The molecule has 2 aromatic rings. The molecule has 0 spiro atoms. The zero-order valence-corrected chi connectivity index (χ0v) is 17.3. The molecule has 1 atom stereocenters. The molecule has 0 saturated carbocycles. The fourth-order valence-corrected chi connectivity index (χ4v) is 4.20. The predicted octanol–water partition coefficient (Wildman–Crippen LogP) is 2.68. The number of carbonyl (C=O) groups excluding carboxylic acids is 1. The summed E-state index contributed by atoms with van der Waals surface area (Å²) < 4.78 is 5.49. The van der Waals surface area contributed by atoms with Gasteiger partial charge in [-0.1, -0.05) is 19.1 Å². The van der Waals surface area contributed by atoms with Gasteiger partial charge < -0.3 is 19.4 Å². The number of aromatic nitrogens is 2. The Morgan fingerprint density at radius 1 is 1.03 bits per heavy atom. The molecular formula is C22H29N5O2. The number of ether oxygens (including phenoxy) is 1. The van der Waals surface area contributed by atoms with Crippen molar-refractivity contribution in [1.82, 2.24) is 14.9 Å². The molecular weight excluding hydrogens is 366 g/mol. The second kappa shape index (κ2) is 8.68. The van der Waals surface area contributed by atoms with Crippen LogP contribution in [0.1, 0.15) is 30.3 Å². The van der Waals surface area contributed by atoms with E-state index >= 15 is 0 Å². The van der Waals surface area contributed by atoms with E-state index in [-0.39, 0.29) is 5.91 Å². The van der Waals surface area contributed by atoms with Gasteiger partial charge in [-0.15, -0.1) is 0 Å². The molecule has 0 radical (unpaired) electrons. The quantitative estimate of drug-likeness (QED) is 0.793. The standard InChI is InChI=1S/C22H29N5O2/c1-17-6-5-9-27(16-17)22(28)18-14-24-21(15-23-18)26-12-10-25(11-13-26)19-7-3-4-8-20(19)29-2/h3-4,7-8,14-15,17H,5-6,9-13,16H2,1-2H3. The maximum atomic E-state index is 12.7. The van der Waals surface area contributed by atoms with Crippen molar-refractivity contribution in [2.45, 2.75) is 19.8 Å². The molecule has 3 heterocycles. The summed E-state index contributed by atoms with van der Waals surface area (Å²) in [7, 11) is 1.71. The minimum atomic E-state index is -0.00316. The van der Waals surface area contributed by atoms with Crippen LogP contribution in [-0.4, -0.2) is 67.2 Å². The molecule has 1 aromatic carbocycles. The van der Waals surface area contributed by atoms with Crippen LogP contribution in [0, 0.1) is 5.92 Å². The number of hydrogen-bond donors (Lipinski definition) is 0. The monoisotopic (exact) mass is 395 g/mol. The van der Waals surface area contributed by atoms with Crippen molar-refractivity contribution in [1.29, 1.82) is 0 Å². The van der Waals surface area contributed by atoms with Crippen molar-refractivity contribution in [3.05, 3.63) is 42.4 Å². The van der Waals surface area contributed by atoms with E-state index in [9.17, 15) is 4.79 Å². The van der Waals surface area contributed by atoms with Gasteiger partial charge in [-0.05, 0) is 30.9 Å². The number of likely N-dealkylation sites (tertiary alicyclic amines) is 1. The molecule has 7 nitrogen and oxygen atoms in total. The Balaban J connectivity index is 1.37. The van der Waals surface area contributed by atoms with E-state index in [0.29, 0.717) is 11.6 Å². The molecule has 154 valence electrons. The van der Waals surface area contributed by atoms with E-state index in [1.807, 2.05) is 23.1 Å². The zero-order valence-electron chi connectivity index (χ0n) is 17.3. The lowest BCUT2D eigenvalue weighted by atomic mass is 10.0. The largest absolute Gasteiger partial charge is 0.495 e. The molecule has 2 aliphatic rings. The molecule has 7 heteroatoms. The van der Waals surface area contributed by atoms with Crippen LogP contribution in [0.3, 0.4) is 0 Å². The number of hydrogen-bond acceptors (Lipinski definition) is 6. The van der Waals surface area contributed by atoms with Gasteiger partial charge in [-0.3, -0.25) is 4.79 Å². The minimum absolute atomic E-state index is 0.00316. The number of anilines is 2. The summed E-state index contributed by atoms with van der Waals surface area (Å²) in [6.07, 6.45) is 5.62. The van der Waals surface area contributed by atoms with Crippen LogP contribution in [-0.2, 0) is 0 Å². The molecule has 2 saturated heterocycles. The van der Waals surface area contributed by atoms with Crippen molar-refractivity contribution >= 4 is 17.4 Å². The maximum Gasteiger partial charge on any atom is 0.274 e. The molecule has 1 unspecified atom stereocenters. The zero-order chi connectivity index (χ0) is 20.2. The lowest BCUT2D eigenvalue weighted by Gasteiger charge is -2.37. The molecule has 0 N–H and O–H groups in total. The van der Waals surface area contributed by atoms with E-state index in [4.69, 9.17) is 4.74 Å². The van der Waals surface area contributed by atoms with Gasteiger partial charge in [-0.25, -0.2) is 9.97 Å². The van der Waals surface area contributed by atoms with Gasteiger partial charge >= 0.3 is 0 Å². The Morgan fingerprint density at radius 2 is 1.79 bits per heavy atom. The first-order valence-electron chi connectivity index (χ1n) is 10.4. The molecule has 1 aromatic heterocycles. The van der Waals surface area contributed by atoms with Crippen molar-refractivity contribution in [2.75, 3.05) is 56.2 Å². The molecule has 1 amide bonds. The highest BCUT2D eigenvalue weighted by molar-refractivity contribution is 5.92. The van der Waals surface area contributed by atoms with Gasteiger partial charge in [0.1, 0.15) is 17.3 Å². The summed E-state index contributed by atoms with van der Waals surface area (Å²) in [6.45, 7) is 7.29. The number of rotatable bonds is 4. The molecule has 0 aliphatic carbocycles. The van der Waals surface area contributed by atoms with Crippen LogP contribution in [0.2, 0.25) is 0 Å². The Morgan fingerprint density at radius 3 is 2.48 bits per heavy atom. The van der Waals surface area contributed by atoms with Crippen LogP contribution < -0.4 is 14.5 Å². The Hall–Kier alpha value is -2.83. The number of amides is 1. The maximum absolute atomic E-state index is 12.7. The van der Waals surface area contributed by atoms with E-state index in [1.165, 1.54) is 6.42 Å². The summed E-state index contributed by atoms with van der Waals surface area (Å²) >= 11 is 0. The van der Waals surface area contributed by atoms with Crippen LogP contribution >= 0.6 is 0 Å². The van der Waals surface area contributed by atoms with Gasteiger partial charge in [0.15, 0.2) is 0 Å². The van der Waals surface area contributed by atoms with Crippen LogP contribution in [0.25, 0.3) is 0 Å². The van der Waals surface area contributed by atoms with Crippen LogP contribution in [0.5, 0.6) is 5.75 Å². The van der Waals surface area contributed by atoms with Crippen LogP contribution in [0.4, 0.5) is 11.5 Å². The summed E-state index contributed by atoms with van der Waals surface area (Å²) in [4.78, 5) is 28.1. The fourth-order valence-electron chi connectivity index (χ4n) is 4.20. The second-order valence-corrected chi connectivity index (χ2v) is 7.90. The topological polar surface area (TPSA) is 61.8 Å². The van der Waals surface area contributed by atoms with E-state index in [0.717, 1.165) is 62.9 Å². The van der Waals surface area contributed by atoms with Crippen LogP contribution in [0.15, 0.2) is 36.7 Å². The van der Waals surface area contributed by atoms with Crippen molar-refractivity contribution < 1.29 is 9.53 Å². The lowest BCUT2D eigenvalue weighted by Crippen LogP contribution is -2.47. The van der Waals surface area contributed by atoms with Gasteiger partial charge in [0, 0.05) is 39.3 Å². The molecule has 2 aliphatic heterocycles. The number of carbonyl (C=O) groups is 1. The fraction of sp³-hybridized carbons (Fsp3) is 0.500. The lowest BCUT2D eigenvalue weighted by molar-refractivity contribution is 0.0676. The molecule has 4 rings (SSSR count). The van der Waals surface area contributed by atoms with E-state index < -0.39 is 0 Å². The Labute approximate surface area is 172 Å². The number of benzene rings is 1. The average molecular weight is 396 g/mol. The van der Waals surface area contributed by atoms with Gasteiger partial charge in [0.05, 0.1) is 25.2 Å². The summed E-state index contributed by atoms with van der Waals surface area (Å²) in [5.74, 6) is 2.28. The third kappa shape index (κ3) is 4.28. The molecule has 29 heavy (non-hydrogen) atoms. The Kier molecular flexibility index (Phi) is 5.83. The number of methoxy groups -OCH3 is 1. The third-order valence-electron chi connectivity index (χ3n) is 5.83. The van der Waals surface area contributed by atoms with Gasteiger partial charge in [-0.2, -0.15) is 0 Å². The summed E-state index contributed by atoms with van der Waals surface area (Å²) in [6, 6.07) is 8.11. The highest BCUT2D eigenvalue weighted by Gasteiger charge is 2.24. The number of piperazine rings is 1. The summed E-state index contributed by atoms with van der Waals surface area (Å²) in [5.41, 5.74) is 1.56. The van der Waals surface area contributed by atoms with Gasteiger partial charge in [0.25, 0.3) is 5.91 Å². The average Bonchev–Trinajstić information content (AvgIpc) is 2.79. The molecule has 0 bridgehead atoms. The number of para-hydroxylation sites is 2. The van der Waals surface area contributed by atoms with Crippen molar-refractivity contribution in [3.63, 3.8) is 0 Å². The summed E-state index contributed by atoms with van der Waals surface area (Å²) in [5, 5.41) is 0. The highest BCUT2D eigenvalue weighted by atomic mass is 16.5. The first kappa shape index (κ1) is 19.5. The second-order valence-electron chi connectivity index (χ2n) is 7.90. The predicted molar refractivity (Wildman–Crippen MR) is 114 cm³/mol. The smallest absolute Gasteiger partial charge is 0.274 e. The molecule has 2 fully saturated rings. The first-order valence-corrected chi connectivity index (χ1v) is 10.4.